The third-order valence-electron chi connectivity index (χ3n) is 4.60. The van der Waals surface area contributed by atoms with Crippen molar-refractivity contribution in [2.75, 3.05) is 18.0 Å². The van der Waals surface area contributed by atoms with Gasteiger partial charge < -0.3 is 14.4 Å². The molecule has 0 radical (unpaired) electrons. The molecule has 3 heterocycles. The molecule has 2 aliphatic heterocycles. The summed E-state index contributed by atoms with van der Waals surface area (Å²) in [6.07, 6.45) is 4.31. The highest BCUT2D eigenvalue weighted by Gasteiger charge is 2.37. The zero-order chi connectivity index (χ0) is 16.7. The fourth-order valence-corrected chi connectivity index (χ4v) is 4.28. The molecular weight excluding hydrogens is 326 g/mol. The third-order valence-corrected chi connectivity index (χ3v) is 5.86. The molecule has 24 heavy (non-hydrogen) atoms. The quantitative estimate of drug-likeness (QED) is 0.851. The minimum absolute atomic E-state index is 0.142. The van der Waals surface area contributed by atoms with Gasteiger partial charge in [0.15, 0.2) is 5.75 Å². The Hall–Kier alpha value is -2.12. The van der Waals surface area contributed by atoms with Gasteiger partial charge in [0.2, 0.25) is 0 Å². The molecule has 2 saturated heterocycles. The van der Waals surface area contributed by atoms with Crippen molar-refractivity contribution >= 4 is 15.8 Å². The summed E-state index contributed by atoms with van der Waals surface area (Å²) in [5.41, 5.74) is 1.90. The van der Waals surface area contributed by atoms with Crippen molar-refractivity contribution in [1.29, 1.82) is 0 Å². The molecule has 1 N–H and O–H groups in total. The van der Waals surface area contributed by atoms with Gasteiger partial charge in [0.1, 0.15) is 4.90 Å². The van der Waals surface area contributed by atoms with E-state index in [0.717, 1.165) is 30.8 Å². The monoisotopic (exact) mass is 345 g/mol. The fraction of sp³-hybridized carbons (Fsp3) is 0.353. The Morgan fingerprint density at radius 3 is 2.71 bits per heavy atom. The van der Waals surface area contributed by atoms with E-state index in [0.29, 0.717) is 12.1 Å². The van der Waals surface area contributed by atoms with E-state index >= 15 is 0 Å². The standard InChI is InChI=1S/C17H19N3O3S/c1-12-2-4-17(5-3-12)24(21,22)23-16-7-15(8-18-10-16)20-11-13-6-14(20)9-19-13/h2-5,7-8,10,13-14,19H,6,9,11H2,1H3/t13-,14-/m1/s1. The molecule has 6 nitrogen and oxygen atoms in total. The van der Waals surface area contributed by atoms with Gasteiger partial charge in [-0.05, 0) is 25.5 Å². The van der Waals surface area contributed by atoms with Crippen molar-refractivity contribution in [2.24, 2.45) is 0 Å². The zero-order valence-electron chi connectivity index (χ0n) is 13.3. The Balaban J connectivity index is 1.56. The first-order chi connectivity index (χ1) is 11.5. The molecule has 0 aliphatic carbocycles. The van der Waals surface area contributed by atoms with Gasteiger partial charge in [-0.1, -0.05) is 17.7 Å². The maximum absolute atomic E-state index is 12.4. The topological polar surface area (TPSA) is 71.5 Å². The Morgan fingerprint density at radius 1 is 1.25 bits per heavy atom. The summed E-state index contributed by atoms with van der Waals surface area (Å²) < 4.78 is 30.1. The van der Waals surface area contributed by atoms with Gasteiger partial charge in [-0.3, -0.25) is 4.98 Å². The SMILES string of the molecule is Cc1ccc(S(=O)(=O)Oc2cncc(N3C[C@H]4C[C@@H]3CN4)c2)cc1. The van der Waals surface area contributed by atoms with Gasteiger partial charge in [-0.2, -0.15) is 8.42 Å². The van der Waals surface area contributed by atoms with Gasteiger partial charge in [0.25, 0.3) is 0 Å². The summed E-state index contributed by atoms with van der Waals surface area (Å²) in [5, 5.41) is 3.45. The summed E-state index contributed by atoms with van der Waals surface area (Å²) in [5.74, 6) is 0.240. The first kappa shape index (κ1) is 15.4. The number of pyridine rings is 1. The third kappa shape index (κ3) is 2.85. The van der Waals surface area contributed by atoms with Crippen LogP contribution in [-0.2, 0) is 10.1 Å². The minimum atomic E-state index is -3.85. The van der Waals surface area contributed by atoms with E-state index in [1.807, 2.05) is 6.92 Å². The van der Waals surface area contributed by atoms with Crippen LogP contribution in [0.25, 0.3) is 0 Å². The number of benzene rings is 1. The number of hydrogen-bond acceptors (Lipinski definition) is 6. The van der Waals surface area contributed by atoms with Crippen LogP contribution in [0.3, 0.4) is 0 Å². The summed E-state index contributed by atoms with van der Waals surface area (Å²) in [6, 6.07) is 9.30. The van der Waals surface area contributed by atoms with Gasteiger partial charge >= 0.3 is 10.1 Å². The van der Waals surface area contributed by atoms with Crippen molar-refractivity contribution in [1.82, 2.24) is 10.3 Å². The Kier molecular flexibility index (Phi) is 3.69. The highest BCUT2D eigenvalue weighted by molar-refractivity contribution is 7.87. The van der Waals surface area contributed by atoms with Crippen molar-refractivity contribution in [3.8, 4) is 5.75 Å². The van der Waals surface area contributed by atoms with E-state index in [4.69, 9.17) is 4.18 Å². The Bertz CT molecular complexity index is 852. The number of aromatic nitrogens is 1. The molecule has 126 valence electrons. The van der Waals surface area contributed by atoms with Crippen molar-refractivity contribution in [3.05, 3.63) is 48.3 Å². The smallest absolute Gasteiger partial charge is 0.339 e. The molecule has 2 fully saturated rings. The lowest BCUT2D eigenvalue weighted by Crippen LogP contribution is -2.43. The van der Waals surface area contributed by atoms with E-state index in [2.05, 4.69) is 15.2 Å². The number of piperazine rings is 1. The first-order valence-corrected chi connectivity index (χ1v) is 9.38. The van der Waals surface area contributed by atoms with Gasteiger partial charge in [0, 0.05) is 31.2 Å². The first-order valence-electron chi connectivity index (χ1n) is 7.97. The predicted octanol–water partition coefficient (Wildman–Crippen LogP) is 1.71. The van der Waals surface area contributed by atoms with Crippen LogP contribution in [0.4, 0.5) is 5.69 Å². The molecule has 0 amide bonds. The van der Waals surface area contributed by atoms with Crippen LogP contribution in [0.5, 0.6) is 5.75 Å². The van der Waals surface area contributed by atoms with Crippen LogP contribution in [-0.4, -0.2) is 38.6 Å². The second kappa shape index (κ2) is 5.75. The van der Waals surface area contributed by atoms with Crippen LogP contribution in [0.15, 0.2) is 47.6 Å². The van der Waals surface area contributed by atoms with Crippen LogP contribution in [0.2, 0.25) is 0 Å². The lowest BCUT2D eigenvalue weighted by molar-refractivity contribution is 0.484. The van der Waals surface area contributed by atoms with E-state index in [-0.39, 0.29) is 10.6 Å². The predicted molar refractivity (Wildman–Crippen MR) is 90.8 cm³/mol. The molecule has 1 aromatic carbocycles. The van der Waals surface area contributed by atoms with Crippen LogP contribution in [0.1, 0.15) is 12.0 Å². The number of nitrogens with zero attached hydrogens (tertiary/aromatic N) is 2. The minimum Gasteiger partial charge on any atom is -0.377 e. The second-order valence-corrected chi connectivity index (χ2v) is 7.92. The molecule has 2 atom stereocenters. The molecule has 2 aliphatic rings. The second-order valence-electron chi connectivity index (χ2n) is 6.38. The average Bonchev–Trinajstić information content (AvgIpc) is 3.18. The van der Waals surface area contributed by atoms with Crippen molar-refractivity contribution in [2.45, 2.75) is 30.3 Å². The lowest BCUT2D eigenvalue weighted by Gasteiger charge is -2.29. The van der Waals surface area contributed by atoms with Crippen molar-refractivity contribution in [3.63, 3.8) is 0 Å². The maximum Gasteiger partial charge on any atom is 0.339 e. The maximum atomic E-state index is 12.4. The molecule has 4 rings (SSSR count). The number of anilines is 1. The molecule has 1 aromatic heterocycles. The molecule has 0 unspecified atom stereocenters. The lowest BCUT2D eigenvalue weighted by atomic mass is 10.2. The molecule has 0 saturated carbocycles. The Morgan fingerprint density at radius 2 is 2.04 bits per heavy atom. The highest BCUT2D eigenvalue weighted by atomic mass is 32.2. The Labute approximate surface area is 141 Å². The van der Waals surface area contributed by atoms with E-state index in [1.165, 1.54) is 6.20 Å². The van der Waals surface area contributed by atoms with Gasteiger partial charge in [-0.15, -0.1) is 0 Å². The summed E-state index contributed by atoms with van der Waals surface area (Å²) in [4.78, 5) is 6.56. The summed E-state index contributed by atoms with van der Waals surface area (Å²) in [7, 11) is -3.85. The molecule has 0 spiro atoms. The van der Waals surface area contributed by atoms with Crippen molar-refractivity contribution < 1.29 is 12.6 Å². The number of hydrogen-bond donors (Lipinski definition) is 1. The van der Waals surface area contributed by atoms with Gasteiger partial charge in [-0.25, -0.2) is 0 Å². The van der Waals surface area contributed by atoms with Crippen LogP contribution >= 0.6 is 0 Å². The largest absolute Gasteiger partial charge is 0.377 e. The number of rotatable bonds is 4. The molecule has 2 aromatic rings. The van der Waals surface area contributed by atoms with E-state index in [9.17, 15) is 8.42 Å². The highest BCUT2D eigenvalue weighted by Crippen LogP contribution is 2.31. The molecule has 7 heteroatoms. The van der Waals surface area contributed by atoms with E-state index < -0.39 is 10.1 Å². The normalized spacial score (nSPS) is 22.8. The number of aryl methyl sites for hydroxylation is 1. The number of nitrogens with one attached hydrogen (secondary N) is 1. The number of fused-ring (bicyclic) bond motifs is 2. The summed E-state index contributed by atoms with van der Waals surface area (Å²) in [6.45, 7) is 3.78. The van der Waals surface area contributed by atoms with Crippen LogP contribution in [0, 0.1) is 6.92 Å². The molecule has 2 bridgehead atoms. The van der Waals surface area contributed by atoms with E-state index in [1.54, 1.807) is 36.5 Å². The van der Waals surface area contributed by atoms with Crippen LogP contribution < -0.4 is 14.4 Å². The zero-order valence-corrected chi connectivity index (χ0v) is 14.2. The van der Waals surface area contributed by atoms with Gasteiger partial charge in [0.05, 0.1) is 18.1 Å². The fourth-order valence-electron chi connectivity index (χ4n) is 3.37. The average molecular weight is 345 g/mol. The summed E-state index contributed by atoms with van der Waals surface area (Å²) >= 11 is 0. The molecular formula is C17H19N3O3S.